The van der Waals surface area contributed by atoms with E-state index in [2.05, 4.69) is 10.3 Å². The fourth-order valence-corrected chi connectivity index (χ4v) is 3.91. The van der Waals surface area contributed by atoms with Crippen LogP contribution in [0.2, 0.25) is 0 Å². The van der Waals surface area contributed by atoms with E-state index >= 15 is 0 Å². The molecule has 0 unspecified atom stereocenters. The van der Waals surface area contributed by atoms with E-state index < -0.39 is 5.41 Å². The Hall–Kier alpha value is -1.41. The van der Waals surface area contributed by atoms with Crippen LogP contribution in [0.4, 0.5) is 0 Å². The van der Waals surface area contributed by atoms with E-state index in [1.807, 2.05) is 6.26 Å². The van der Waals surface area contributed by atoms with Crippen LogP contribution in [0.5, 0.6) is 0 Å². The van der Waals surface area contributed by atoms with Crippen molar-refractivity contribution in [3.63, 3.8) is 0 Å². The molecular formula is C12H13N3O3S2. The second kappa shape index (κ2) is 4.85. The summed E-state index contributed by atoms with van der Waals surface area (Å²) in [6, 6.07) is 0. The van der Waals surface area contributed by atoms with E-state index in [-0.39, 0.29) is 24.1 Å². The zero-order chi connectivity index (χ0) is 14.3. The fraction of sp³-hybridized carbons (Fsp3) is 0.500. The molecule has 2 saturated heterocycles. The highest BCUT2D eigenvalue weighted by molar-refractivity contribution is 8.00. The molecule has 2 aliphatic rings. The molecule has 3 amide bonds. The van der Waals surface area contributed by atoms with Crippen LogP contribution in [0, 0.1) is 5.41 Å². The molecule has 6 nitrogen and oxygen atoms in total. The average molecular weight is 311 g/mol. The van der Waals surface area contributed by atoms with Crippen molar-refractivity contribution >= 4 is 40.8 Å². The number of amides is 3. The third kappa shape index (κ3) is 2.12. The summed E-state index contributed by atoms with van der Waals surface area (Å²) in [5, 5.41) is 4.06. The molecule has 3 heterocycles. The van der Waals surface area contributed by atoms with Crippen molar-refractivity contribution in [3.05, 3.63) is 11.1 Å². The number of thioether (sulfide) groups is 1. The third-order valence-corrected chi connectivity index (χ3v) is 5.61. The molecule has 0 bridgehead atoms. The third-order valence-electron chi connectivity index (χ3n) is 3.75. The summed E-state index contributed by atoms with van der Waals surface area (Å²) in [6.07, 6.45) is 2.63. The van der Waals surface area contributed by atoms with Crippen LogP contribution < -0.4 is 5.32 Å². The first-order chi connectivity index (χ1) is 9.54. The zero-order valence-electron chi connectivity index (χ0n) is 10.8. The lowest BCUT2D eigenvalue weighted by Gasteiger charge is -2.19. The molecule has 0 aromatic carbocycles. The average Bonchev–Trinajstić information content (AvgIpc) is 3.10. The van der Waals surface area contributed by atoms with Gasteiger partial charge in [0.2, 0.25) is 11.8 Å². The number of nitrogens with zero attached hydrogens (tertiary/aromatic N) is 2. The van der Waals surface area contributed by atoms with Crippen LogP contribution in [0.1, 0.15) is 23.3 Å². The standard InChI is InChI=1S/C12H13N3O3S2/c1-19-11-13-7(5-20-11)9(17)15-3-2-12(6-15)4-8(16)14-10(12)18/h5H,2-4,6H2,1H3,(H,14,16,18)/t12-/m1/s1. The first-order valence-corrected chi connectivity index (χ1v) is 8.28. The summed E-state index contributed by atoms with van der Waals surface area (Å²) in [5.41, 5.74) is -0.299. The Balaban J connectivity index is 1.75. The summed E-state index contributed by atoms with van der Waals surface area (Å²) in [6.45, 7) is 0.793. The second-order valence-corrected chi connectivity index (χ2v) is 6.93. The number of likely N-dealkylation sites (tertiary alicyclic amines) is 1. The Kier molecular flexibility index (Phi) is 3.29. The van der Waals surface area contributed by atoms with Crippen molar-refractivity contribution in [2.45, 2.75) is 17.2 Å². The molecule has 0 radical (unpaired) electrons. The molecule has 0 saturated carbocycles. The number of carbonyl (C=O) groups excluding carboxylic acids is 3. The Morgan fingerprint density at radius 3 is 2.95 bits per heavy atom. The van der Waals surface area contributed by atoms with E-state index in [4.69, 9.17) is 0 Å². The van der Waals surface area contributed by atoms with Crippen molar-refractivity contribution in [2.75, 3.05) is 19.3 Å². The number of imide groups is 1. The lowest BCUT2D eigenvalue weighted by atomic mass is 9.85. The quantitative estimate of drug-likeness (QED) is 0.644. The van der Waals surface area contributed by atoms with Crippen LogP contribution in [0.3, 0.4) is 0 Å². The number of thiazole rings is 1. The number of carbonyl (C=O) groups is 3. The van der Waals surface area contributed by atoms with Crippen molar-refractivity contribution in [1.29, 1.82) is 0 Å². The summed E-state index contributed by atoms with van der Waals surface area (Å²) < 4.78 is 0.844. The Labute approximate surface area is 123 Å². The van der Waals surface area contributed by atoms with Gasteiger partial charge in [-0.25, -0.2) is 4.98 Å². The predicted octanol–water partition coefficient (Wildman–Crippen LogP) is 0.744. The lowest BCUT2D eigenvalue weighted by Crippen LogP contribution is -2.36. The maximum absolute atomic E-state index is 12.3. The molecule has 1 N–H and O–H groups in total. The number of nitrogens with one attached hydrogen (secondary N) is 1. The first-order valence-electron chi connectivity index (χ1n) is 6.17. The van der Waals surface area contributed by atoms with Gasteiger partial charge in [-0.1, -0.05) is 11.8 Å². The monoisotopic (exact) mass is 311 g/mol. The van der Waals surface area contributed by atoms with Gasteiger partial charge in [0.1, 0.15) is 10.0 Å². The van der Waals surface area contributed by atoms with Crippen molar-refractivity contribution < 1.29 is 14.4 Å². The molecule has 0 aliphatic carbocycles. The SMILES string of the molecule is CSc1nc(C(=O)N2CC[C@@]3(CC(=O)NC3=O)C2)cs1. The minimum Gasteiger partial charge on any atom is -0.336 e. The highest BCUT2D eigenvalue weighted by atomic mass is 32.2. The minimum absolute atomic E-state index is 0.162. The maximum atomic E-state index is 12.3. The first kappa shape index (κ1) is 13.6. The van der Waals surface area contributed by atoms with Crippen molar-refractivity contribution in [1.82, 2.24) is 15.2 Å². The van der Waals surface area contributed by atoms with E-state index in [0.29, 0.717) is 25.2 Å². The van der Waals surface area contributed by atoms with Crippen LogP contribution in [-0.4, -0.2) is 47.0 Å². The van der Waals surface area contributed by atoms with E-state index in [9.17, 15) is 14.4 Å². The van der Waals surface area contributed by atoms with Gasteiger partial charge in [0, 0.05) is 24.9 Å². The summed E-state index contributed by atoms with van der Waals surface area (Å²) in [7, 11) is 0. The van der Waals surface area contributed by atoms with Crippen LogP contribution in [0.15, 0.2) is 9.72 Å². The second-order valence-electron chi connectivity index (χ2n) is 5.01. The largest absolute Gasteiger partial charge is 0.336 e. The number of hydrogen-bond acceptors (Lipinski definition) is 6. The molecule has 1 spiro atoms. The molecule has 8 heteroatoms. The van der Waals surface area contributed by atoms with E-state index in [0.717, 1.165) is 4.34 Å². The Bertz CT molecular complexity index is 601. The molecule has 20 heavy (non-hydrogen) atoms. The minimum atomic E-state index is -0.717. The van der Waals surface area contributed by atoms with Gasteiger partial charge in [0.15, 0.2) is 0 Å². The predicted molar refractivity (Wildman–Crippen MR) is 74.6 cm³/mol. The molecule has 3 rings (SSSR count). The van der Waals surface area contributed by atoms with E-state index in [1.54, 1.807) is 10.3 Å². The van der Waals surface area contributed by atoms with Gasteiger partial charge in [-0.3, -0.25) is 19.7 Å². The smallest absolute Gasteiger partial charge is 0.273 e. The van der Waals surface area contributed by atoms with Crippen LogP contribution in [-0.2, 0) is 9.59 Å². The lowest BCUT2D eigenvalue weighted by molar-refractivity contribution is -0.128. The Morgan fingerprint density at radius 2 is 2.35 bits per heavy atom. The molecule has 106 valence electrons. The van der Waals surface area contributed by atoms with Gasteiger partial charge in [0.25, 0.3) is 5.91 Å². The molecule has 1 atom stereocenters. The normalized spacial score (nSPS) is 25.6. The Morgan fingerprint density at radius 1 is 1.55 bits per heavy atom. The molecular weight excluding hydrogens is 298 g/mol. The highest BCUT2D eigenvalue weighted by Crippen LogP contribution is 2.38. The molecule has 1 aromatic rings. The fourth-order valence-electron chi connectivity index (χ4n) is 2.68. The van der Waals surface area contributed by atoms with Gasteiger partial charge in [-0.2, -0.15) is 0 Å². The van der Waals surface area contributed by atoms with Gasteiger partial charge >= 0.3 is 0 Å². The maximum Gasteiger partial charge on any atom is 0.273 e. The molecule has 2 aliphatic heterocycles. The van der Waals surface area contributed by atoms with Gasteiger partial charge in [-0.15, -0.1) is 11.3 Å². The summed E-state index contributed by atoms with van der Waals surface area (Å²) in [5.74, 6) is -0.658. The van der Waals surface area contributed by atoms with Crippen LogP contribution >= 0.6 is 23.1 Å². The van der Waals surface area contributed by atoms with Crippen LogP contribution in [0.25, 0.3) is 0 Å². The molecule has 1 aromatic heterocycles. The number of hydrogen-bond donors (Lipinski definition) is 1. The highest BCUT2D eigenvalue weighted by Gasteiger charge is 2.51. The summed E-state index contributed by atoms with van der Waals surface area (Å²) >= 11 is 2.93. The van der Waals surface area contributed by atoms with Crippen molar-refractivity contribution in [3.8, 4) is 0 Å². The van der Waals surface area contributed by atoms with Gasteiger partial charge in [-0.05, 0) is 12.7 Å². The zero-order valence-corrected chi connectivity index (χ0v) is 12.5. The molecule has 2 fully saturated rings. The van der Waals surface area contributed by atoms with Gasteiger partial charge in [0.05, 0.1) is 5.41 Å². The topological polar surface area (TPSA) is 79.4 Å². The number of aromatic nitrogens is 1. The van der Waals surface area contributed by atoms with Gasteiger partial charge < -0.3 is 4.90 Å². The van der Waals surface area contributed by atoms with Crippen molar-refractivity contribution in [2.24, 2.45) is 5.41 Å². The summed E-state index contributed by atoms with van der Waals surface area (Å²) in [4.78, 5) is 41.4. The van der Waals surface area contributed by atoms with E-state index in [1.165, 1.54) is 23.1 Å². The number of rotatable bonds is 2.